The highest BCUT2D eigenvalue weighted by atomic mass is 16.3. The second-order valence-corrected chi connectivity index (χ2v) is 3.65. The summed E-state index contributed by atoms with van der Waals surface area (Å²) in [5, 5.41) is 3.23. The van der Waals surface area contributed by atoms with Gasteiger partial charge in [0.25, 0.3) is 0 Å². The third kappa shape index (κ3) is 2.10. The van der Waals surface area contributed by atoms with E-state index >= 15 is 0 Å². The van der Waals surface area contributed by atoms with E-state index in [4.69, 9.17) is 4.42 Å². The molecule has 0 aliphatic heterocycles. The van der Waals surface area contributed by atoms with Crippen LogP contribution in [-0.4, -0.2) is 7.05 Å². The smallest absolute Gasteiger partial charge is 0.0980 e. The van der Waals surface area contributed by atoms with Crippen molar-refractivity contribution in [1.82, 2.24) is 5.32 Å². The monoisotopic (exact) mass is 201 g/mol. The van der Waals surface area contributed by atoms with Gasteiger partial charge in [0, 0.05) is 11.6 Å². The van der Waals surface area contributed by atoms with Crippen molar-refractivity contribution in [2.24, 2.45) is 0 Å². The van der Waals surface area contributed by atoms with Gasteiger partial charge in [-0.1, -0.05) is 18.2 Å². The molecule has 1 aromatic carbocycles. The van der Waals surface area contributed by atoms with Gasteiger partial charge < -0.3 is 9.73 Å². The van der Waals surface area contributed by atoms with Crippen LogP contribution in [-0.2, 0) is 0 Å². The van der Waals surface area contributed by atoms with Gasteiger partial charge in [-0.2, -0.15) is 0 Å². The van der Waals surface area contributed by atoms with E-state index in [1.54, 1.807) is 12.5 Å². The van der Waals surface area contributed by atoms with E-state index in [1.807, 2.05) is 13.1 Å². The zero-order chi connectivity index (χ0) is 10.7. The predicted octanol–water partition coefficient (Wildman–Crippen LogP) is 3.23. The molecule has 0 saturated carbocycles. The summed E-state index contributed by atoms with van der Waals surface area (Å²) in [6.07, 6.45) is 3.46. The first kappa shape index (κ1) is 9.99. The highest BCUT2D eigenvalue weighted by molar-refractivity contribution is 5.62. The van der Waals surface area contributed by atoms with Crippen LogP contribution < -0.4 is 5.32 Å². The molecule has 0 aliphatic carbocycles. The molecule has 2 nitrogen and oxygen atoms in total. The van der Waals surface area contributed by atoms with Gasteiger partial charge in [0.2, 0.25) is 0 Å². The van der Waals surface area contributed by atoms with Crippen molar-refractivity contribution in [2.75, 3.05) is 7.05 Å². The van der Waals surface area contributed by atoms with Crippen LogP contribution in [0.1, 0.15) is 18.5 Å². The fourth-order valence-corrected chi connectivity index (χ4v) is 1.58. The number of rotatable bonds is 3. The molecule has 0 spiro atoms. The van der Waals surface area contributed by atoms with E-state index in [0.29, 0.717) is 6.04 Å². The normalized spacial score (nSPS) is 12.7. The Morgan fingerprint density at radius 1 is 1.20 bits per heavy atom. The van der Waals surface area contributed by atoms with Crippen molar-refractivity contribution < 1.29 is 4.42 Å². The SMILES string of the molecule is CNC(C)c1cccc(-c2ccoc2)c1. The summed E-state index contributed by atoms with van der Waals surface area (Å²) in [4.78, 5) is 0. The molecule has 0 amide bonds. The van der Waals surface area contributed by atoms with E-state index in [-0.39, 0.29) is 0 Å². The van der Waals surface area contributed by atoms with Gasteiger partial charge in [-0.15, -0.1) is 0 Å². The van der Waals surface area contributed by atoms with Gasteiger partial charge in [0.05, 0.1) is 12.5 Å². The summed E-state index contributed by atoms with van der Waals surface area (Å²) in [7, 11) is 1.97. The van der Waals surface area contributed by atoms with Crippen LogP contribution in [0.4, 0.5) is 0 Å². The van der Waals surface area contributed by atoms with Gasteiger partial charge in [-0.25, -0.2) is 0 Å². The van der Waals surface area contributed by atoms with Crippen LogP contribution in [0.15, 0.2) is 47.3 Å². The van der Waals surface area contributed by atoms with Crippen molar-refractivity contribution in [3.8, 4) is 11.1 Å². The summed E-state index contributed by atoms with van der Waals surface area (Å²) < 4.78 is 5.08. The van der Waals surface area contributed by atoms with Crippen LogP contribution in [0.25, 0.3) is 11.1 Å². The first-order chi connectivity index (χ1) is 7.31. The molecule has 1 N–H and O–H groups in total. The molecule has 1 aromatic heterocycles. The van der Waals surface area contributed by atoms with Crippen molar-refractivity contribution in [2.45, 2.75) is 13.0 Å². The van der Waals surface area contributed by atoms with E-state index in [1.165, 1.54) is 11.1 Å². The Morgan fingerprint density at radius 3 is 2.73 bits per heavy atom. The van der Waals surface area contributed by atoms with Gasteiger partial charge >= 0.3 is 0 Å². The molecule has 0 radical (unpaired) electrons. The second kappa shape index (κ2) is 4.32. The lowest BCUT2D eigenvalue weighted by Gasteiger charge is -2.11. The largest absolute Gasteiger partial charge is 0.472 e. The van der Waals surface area contributed by atoms with Gasteiger partial charge in [0.15, 0.2) is 0 Å². The predicted molar refractivity (Wildman–Crippen MR) is 61.6 cm³/mol. The Balaban J connectivity index is 2.35. The minimum absolute atomic E-state index is 0.372. The number of nitrogens with one attached hydrogen (secondary N) is 1. The zero-order valence-electron chi connectivity index (χ0n) is 9.03. The maximum atomic E-state index is 5.08. The first-order valence-electron chi connectivity index (χ1n) is 5.11. The third-order valence-corrected chi connectivity index (χ3v) is 2.67. The van der Waals surface area contributed by atoms with E-state index < -0.39 is 0 Å². The first-order valence-corrected chi connectivity index (χ1v) is 5.11. The maximum absolute atomic E-state index is 5.08. The number of hydrogen-bond acceptors (Lipinski definition) is 2. The standard InChI is InChI=1S/C13H15NO/c1-10(14-2)11-4-3-5-12(8-11)13-6-7-15-9-13/h3-10,14H,1-2H3. The Morgan fingerprint density at radius 2 is 2.07 bits per heavy atom. The lowest BCUT2D eigenvalue weighted by atomic mass is 10.0. The molecule has 15 heavy (non-hydrogen) atoms. The number of benzene rings is 1. The van der Waals surface area contributed by atoms with Crippen LogP contribution in [0.2, 0.25) is 0 Å². The molecular weight excluding hydrogens is 186 g/mol. The number of hydrogen-bond donors (Lipinski definition) is 1. The van der Waals surface area contributed by atoms with Crippen LogP contribution in [0.5, 0.6) is 0 Å². The molecular formula is C13H15NO. The lowest BCUT2D eigenvalue weighted by molar-refractivity contribution is 0.568. The Hall–Kier alpha value is -1.54. The van der Waals surface area contributed by atoms with Crippen molar-refractivity contribution in [3.63, 3.8) is 0 Å². The highest BCUT2D eigenvalue weighted by Crippen LogP contribution is 2.23. The maximum Gasteiger partial charge on any atom is 0.0980 e. The number of furan rings is 1. The van der Waals surface area contributed by atoms with Crippen molar-refractivity contribution in [1.29, 1.82) is 0 Å². The second-order valence-electron chi connectivity index (χ2n) is 3.65. The van der Waals surface area contributed by atoms with Crippen LogP contribution in [0, 0.1) is 0 Å². The Kier molecular flexibility index (Phi) is 2.88. The topological polar surface area (TPSA) is 25.2 Å². The highest BCUT2D eigenvalue weighted by Gasteiger charge is 2.04. The molecule has 1 heterocycles. The minimum Gasteiger partial charge on any atom is -0.472 e. The Bertz CT molecular complexity index is 420. The van der Waals surface area contributed by atoms with Gasteiger partial charge in [-0.05, 0) is 37.2 Å². The summed E-state index contributed by atoms with van der Waals surface area (Å²) in [6.45, 7) is 2.15. The summed E-state index contributed by atoms with van der Waals surface area (Å²) >= 11 is 0. The van der Waals surface area contributed by atoms with Gasteiger partial charge in [0.1, 0.15) is 0 Å². The molecule has 2 aromatic rings. The van der Waals surface area contributed by atoms with Crippen molar-refractivity contribution >= 4 is 0 Å². The average molecular weight is 201 g/mol. The quantitative estimate of drug-likeness (QED) is 0.824. The molecule has 0 bridgehead atoms. The van der Waals surface area contributed by atoms with Crippen LogP contribution in [0.3, 0.4) is 0 Å². The minimum atomic E-state index is 0.372. The summed E-state index contributed by atoms with van der Waals surface area (Å²) in [5.41, 5.74) is 3.61. The zero-order valence-corrected chi connectivity index (χ0v) is 9.03. The van der Waals surface area contributed by atoms with Crippen LogP contribution >= 0.6 is 0 Å². The molecule has 1 unspecified atom stereocenters. The molecule has 0 aliphatic rings. The lowest BCUT2D eigenvalue weighted by Crippen LogP contribution is -2.11. The fraction of sp³-hybridized carbons (Fsp3) is 0.231. The molecule has 0 fully saturated rings. The summed E-state index contributed by atoms with van der Waals surface area (Å²) in [6, 6.07) is 10.8. The third-order valence-electron chi connectivity index (χ3n) is 2.67. The van der Waals surface area contributed by atoms with Gasteiger partial charge in [-0.3, -0.25) is 0 Å². The average Bonchev–Trinajstić information content (AvgIpc) is 2.82. The molecule has 2 heteroatoms. The van der Waals surface area contributed by atoms with E-state index in [0.717, 1.165) is 5.56 Å². The van der Waals surface area contributed by atoms with E-state index in [9.17, 15) is 0 Å². The molecule has 78 valence electrons. The fourth-order valence-electron chi connectivity index (χ4n) is 1.58. The molecule has 1 atom stereocenters. The Labute approximate surface area is 89.9 Å². The van der Waals surface area contributed by atoms with E-state index in [2.05, 4.69) is 36.5 Å². The molecule has 2 rings (SSSR count). The summed E-state index contributed by atoms with van der Waals surface area (Å²) in [5.74, 6) is 0. The van der Waals surface area contributed by atoms with Crippen molar-refractivity contribution in [3.05, 3.63) is 48.4 Å². The molecule has 0 saturated heterocycles.